The second-order valence-corrected chi connectivity index (χ2v) is 6.77. The molecule has 0 radical (unpaired) electrons. The number of ether oxygens (including phenoxy) is 1. The summed E-state index contributed by atoms with van der Waals surface area (Å²) in [4.78, 5) is 0. The summed E-state index contributed by atoms with van der Waals surface area (Å²) in [6.45, 7) is 4.46. The molecule has 0 amide bonds. The predicted octanol–water partition coefficient (Wildman–Crippen LogP) is 6.57. The van der Waals surface area contributed by atoms with Gasteiger partial charge in [0.25, 0.3) is 0 Å². The van der Waals surface area contributed by atoms with Gasteiger partial charge >= 0.3 is 0 Å². The molecule has 1 aromatic carbocycles. The van der Waals surface area contributed by atoms with Gasteiger partial charge in [-0.05, 0) is 37.8 Å². The predicted molar refractivity (Wildman–Crippen MR) is 101 cm³/mol. The van der Waals surface area contributed by atoms with Crippen molar-refractivity contribution < 1.29 is 14.9 Å². The van der Waals surface area contributed by atoms with Gasteiger partial charge in [-0.3, -0.25) is 0 Å². The van der Waals surface area contributed by atoms with Gasteiger partial charge in [0.2, 0.25) is 5.75 Å². The Morgan fingerprint density at radius 1 is 0.792 bits per heavy atom. The number of hydrogen-bond donors (Lipinski definition) is 2. The van der Waals surface area contributed by atoms with E-state index in [1.165, 1.54) is 63.9 Å². The highest BCUT2D eigenvalue weighted by atomic mass is 16.5. The molecule has 0 bridgehead atoms. The second-order valence-electron chi connectivity index (χ2n) is 6.77. The van der Waals surface area contributed by atoms with Crippen LogP contribution < -0.4 is 4.74 Å². The van der Waals surface area contributed by atoms with E-state index in [0.29, 0.717) is 5.75 Å². The molecule has 3 heteroatoms. The molecule has 0 fully saturated rings. The number of phenols is 2. The average Bonchev–Trinajstić information content (AvgIpc) is 2.58. The number of rotatable bonds is 14. The molecule has 3 nitrogen and oxygen atoms in total. The fourth-order valence-electron chi connectivity index (χ4n) is 3.00. The third-order valence-corrected chi connectivity index (χ3v) is 4.53. The van der Waals surface area contributed by atoms with E-state index >= 15 is 0 Å². The lowest BCUT2D eigenvalue weighted by atomic mass is 10.0. The van der Waals surface area contributed by atoms with Gasteiger partial charge in [0, 0.05) is 0 Å². The van der Waals surface area contributed by atoms with Crippen LogP contribution in [0.25, 0.3) is 0 Å². The van der Waals surface area contributed by atoms with Crippen LogP contribution in [0.15, 0.2) is 18.2 Å². The zero-order valence-corrected chi connectivity index (χ0v) is 15.6. The normalized spacial score (nSPS) is 12.2. The molecular formula is C21H36O3. The lowest BCUT2D eigenvalue weighted by molar-refractivity contribution is 0.165. The summed E-state index contributed by atoms with van der Waals surface area (Å²) in [5, 5.41) is 19.6. The van der Waals surface area contributed by atoms with E-state index in [1.807, 2.05) is 0 Å². The standard InChI is InChI=1S/C21H36O3/c1-3-5-7-9-10-12-15-18(14-11-8-6-4-2)24-20-17-13-16-19(22)21(20)23/h13,16-18,22-23H,3-12,14-15H2,1-2H3. The first-order valence-corrected chi connectivity index (χ1v) is 9.86. The highest BCUT2D eigenvalue weighted by molar-refractivity contribution is 5.48. The summed E-state index contributed by atoms with van der Waals surface area (Å²) >= 11 is 0. The van der Waals surface area contributed by atoms with Gasteiger partial charge in [-0.25, -0.2) is 0 Å². The average molecular weight is 337 g/mol. The summed E-state index contributed by atoms with van der Waals surface area (Å²) < 4.78 is 6.02. The maximum absolute atomic E-state index is 9.95. The fraction of sp³-hybridized carbons (Fsp3) is 0.714. The minimum Gasteiger partial charge on any atom is -0.504 e. The number of hydrogen-bond acceptors (Lipinski definition) is 3. The zero-order valence-electron chi connectivity index (χ0n) is 15.6. The van der Waals surface area contributed by atoms with Gasteiger partial charge in [0.1, 0.15) is 0 Å². The van der Waals surface area contributed by atoms with E-state index in [-0.39, 0.29) is 17.6 Å². The Hall–Kier alpha value is -1.38. The van der Waals surface area contributed by atoms with Gasteiger partial charge < -0.3 is 14.9 Å². The van der Waals surface area contributed by atoms with E-state index in [2.05, 4.69) is 13.8 Å². The minimum absolute atomic E-state index is 0.114. The molecule has 1 aromatic rings. The maximum atomic E-state index is 9.95. The van der Waals surface area contributed by atoms with Crippen molar-refractivity contribution >= 4 is 0 Å². The fourth-order valence-corrected chi connectivity index (χ4v) is 3.00. The zero-order chi connectivity index (χ0) is 17.6. The summed E-state index contributed by atoms with van der Waals surface area (Å²) in [6.07, 6.45) is 14.7. The molecule has 138 valence electrons. The Kier molecular flexibility index (Phi) is 11.2. The number of benzene rings is 1. The number of phenolic OH excluding ortho intramolecular Hbond substituents is 2. The molecule has 0 spiro atoms. The smallest absolute Gasteiger partial charge is 0.200 e. The van der Waals surface area contributed by atoms with Crippen LogP contribution in [0.2, 0.25) is 0 Å². The van der Waals surface area contributed by atoms with Gasteiger partial charge in [-0.1, -0.05) is 71.3 Å². The topological polar surface area (TPSA) is 49.7 Å². The summed E-state index contributed by atoms with van der Waals surface area (Å²) in [5.74, 6) is 0.150. The molecule has 0 saturated heterocycles. The monoisotopic (exact) mass is 336 g/mol. The van der Waals surface area contributed by atoms with Crippen LogP contribution in [0.4, 0.5) is 0 Å². The summed E-state index contributed by atoms with van der Waals surface area (Å²) in [6, 6.07) is 4.92. The molecule has 0 saturated carbocycles. The van der Waals surface area contributed by atoms with Crippen LogP contribution in [0.1, 0.15) is 90.9 Å². The third kappa shape index (κ3) is 8.47. The Morgan fingerprint density at radius 3 is 1.96 bits per heavy atom. The molecule has 0 aliphatic rings. The second kappa shape index (κ2) is 13.0. The van der Waals surface area contributed by atoms with E-state index in [0.717, 1.165) is 19.3 Å². The first kappa shape index (κ1) is 20.7. The number of para-hydroxylation sites is 1. The van der Waals surface area contributed by atoms with E-state index in [4.69, 9.17) is 4.74 Å². The molecule has 0 heterocycles. The summed E-state index contributed by atoms with van der Waals surface area (Å²) in [5.41, 5.74) is 0. The Balaban J connectivity index is 2.46. The number of unbranched alkanes of at least 4 members (excludes halogenated alkanes) is 8. The Labute approximate surface area is 148 Å². The highest BCUT2D eigenvalue weighted by Crippen LogP contribution is 2.36. The molecule has 1 rings (SSSR count). The summed E-state index contributed by atoms with van der Waals surface area (Å²) in [7, 11) is 0. The first-order chi connectivity index (χ1) is 11.7. The van der Waals surface area contributed by atoms with Crippen molar-refractivity contribution in [1.29, 1.82) is 0 Å². The Bertz CT molecular complexity index is 431. The molecule has 0 aliphatic carbocycles. The lowest BCUT2D eigenvalue weighted by Gasteiger charge is -2.20. The van der Waals surface area contributed by atoms with E-state index < -0.39 is 0 Å². The van der Waals surface area contributed by atoms with Crippen LogP contribution in [0.5, 0.6) is 17.2 Å². The molecule has 0 aliphatic heterocycles. The molecule has 2 N–H and O–H groups in total. The van der Waals surface area contributed by atoms with Gasteiger partial charge in [-0.15, -0.1) is 0 Å². The van der Waals surface area contributed by atoms with Crippen LogP contribution in [-0.4, -0.2) is 16.3 Å². The highest BCUT2D eigenvalue weighted by Gasteiger charge is 2.14. The van der Waals surface area contributed by atoms with E-state index in [1.54, 1.807) is 12.1 Å². The van der Waals surface area contributed by atoms with Crippen molar-refractivity contribution in [3.8, 4) is 17.2 Å². The molecule has 24 heavy (non-hydrogen) atoms. The molecule has 0 aromatic heterocycles. The number of aromatic hydroxyl groups is 2. The molecule has 1 atom stereocenters. The lowest BCUT2D eigenvalue weighted by Crippen LogP contribution is -2.16. The van der Waals surface area contributed by atoms with Gasteiger partial charge in [-0.2, -0.15) is 0 Å². The maximum Gasteiger partial charge on any atom is 0.200 e. The minimum atomic E-state index is -0.140. The van der Waals surface area contributed by atoms with Crippen LogP contribution in [0, 0.1) is 0 Å². The molecule has 1 unspecified atom stereocenters. The van der Waals surface area contributed by atoms with Crippen molar-refractivity contribution in [3.05, 3.63) is 18.2 Å². The van der Waals surface area contributed by atoms with Gasteiger partial charge in [0.15, 0.2) is 11.5 Å². The van der Waals surface area contributed by atoms with E-state index in [9.17, 15) is 10.2 Å². The Morgan fingerprint density at radius 2 is 1.33 bits per heavy atom. The molecular weight excluding hydrogens is 300 g/mol. The van der Waals surface area contributed by atoms with Crippen molar-refractivity contribution in [2.75, 3.05) is 0 Å². The quantitative estimate of drug-likeness (QED) is 0.298. The van der Waals surface area contributed by atoms with Crippen molar-refractivity contribution in [2.45, 2.75) is 97.0 Å². The van der Waals surface area contributed by atoms with Crippen molar-refractivity contribution in [1.82, 2.24) is 0 Å². The third-order valence-electron chi connectivity index (χ3n) is 4.53. The van der Waals surface area contributed by atoms with Crippen LogP contribution >= 0.6 is 0 Å². The van der Waals surface area contributed by atoms with Gasteiger partial charge in [0.05, 0.1) is 6.10 Å². The van der Waals surface area contributed by atoms with Crippen molar-refractivity contribution in [3.63, 3.8) is 0 Å². The van der Waals surface area contributed by atoms with Crippen LogP contribution in [-0.2, 0) is 0 Å². The SMILES string of the molecule is CCCCCCCCC(CCCCCC)Oc1cccc(O)c1O. The first-order valence-electron chi connectivity index (χ1n) is 9.86. The van der Waals surface area contributed by atoms with Crippen molar-refractivity contribution in [2.24, 2.45) is 0 Å². The largest absolute Gasteiger partial charge is 0.504 e. The van der Waals surface area contributed by atoms with Crippen LogP contribution in [0.3, 0.4) is 0 Å².